The maximum atomic E-state index is 13.8. The molecule has 168 valence electrons. The summed E-state index contributed by atoms with van der Waals surface area (Å²) in [5.41, 5.74) is 2.15. The first kappa shape index (κ1) is 21.9. The summed E-state index contributed by atoms with van der Waals surface area (Å²) in [6.07, 6.45) is 1.39. The van der Waals surface area contributed by atoms with E-state index in [0.29, 0.717) is 23.4 Å². The fraction of sp³-hybridized carbons (Fsp3) is 0.167. The van der Waals surface area contributed by atoms with E-state index in [9.17, 15) is 18.8 Å². The summed E-state index contributed by atoms with van der Waals surface area (Å²) in [6.45, 7) is 3.37. The number of nitrogens with one attached hydrogen (secondary N) is 2. The number of aromatic nitrogens is 3. The monoisotopic (exact) mass is 447 g/mol. The second-order valence-corrected chi connectivity index (χ2v) is 7.59. The van der Waals surface area contributed by atoms with Crippen LogP contribution in [0.25, 0.3) is 5.52 Å². The van der Waals surface area contributed by atoms with Gasteiger partial charge in [-0.05, 0) is 37.1 Å². The van der Waals surface area contributed by atoms with E-state index in [0.717, 1.165) is 10.2 Å². The van der Waals surface area contributed by atoms with Gasteiger partial charge in [0, 0.05) is 12.2 Å². The van der Waals surface area contributed by atoms with Gasteiger partial charge < -0.3 is 10.6 Å². The van der Waals surface area contributed by atoms with E-state index in [2.05, 4.69) is 15.7 Å². The molecule has 33 heavy (non-hydrogen) atoms. The topological polar surface area (TPSA) is 97.5 Å². The average molecular weight is 447 g/mol. The van der Waals surface area contributed by atoms with Gasteiger partial charge in [-0.1, -0.05) is 42.5 Å². The maximum absolute atomic E-state index is 13.8. The Morgan fingerprint density at radius 3 is 2.45 bits per heavy atom. The molecule has 0 radical (unpaired) electrons. The minimum absolute atomic E-state index is 0.0173. The third-order valence-corrected chi connectivity index (χ3v) is 5.40. The van der Waals surface area contributed by atoms with Crippen LogP contribution < -0.4 is 16.2 Å². The second-order valence-electron chi connectivity index (χ2n) is 7.59. The molecule has 2 amide bonds. The van der Waals surface area contributed by atoms with Crippen molar-refractivity contribution in [2.75, 3.05) is 5.32 Å². The molecule has 2 N–H and O–H groups in total. The molecule has 0 fully saturated rings. The fourth-order valence-electron chi connectivity index (χ4n) is 3.76. The van der Waals surface area contributed by atoms with Gasteiger partial charge in [-0.2, -0.15) is 5.10 Å². The third-order valence-electron chi connectivity index (χ3n) is 5.40. The highest BCUT2D eigenvalue weighted by Gasteiger charge is 2.22. The van der Waals surface area contributed by atoms with Crippen LogP contribution in [0.1, 0.15) is 27.2 Å². The lowest BCUT2D eigenvalue weighted by Gasteiger charge is -2.08. The van der Waals surface area contributed by atoms with Crippen molar-refractivity contribution in [1.29, 1.82) is 0 Å². The Bertz CT molecular complexity index is 1410. The van der Waals surface area contributed by atoms with Gasteiger partial charge in [0.05, 0.1) is 11.3 Å². The van der Waals surface area contributed by atoms with Crippen molar-refractivity contribution in [2.24, 2.45) is 0 Å². The molecule has 0 atom stereocenters. The number of fused-ring (bicyclic) bond motifs is 1. The number of benzene rings is 2. The van der Waals surface area contributed by atoms with E-state index >= 15 is 0 Å². The molecule has 2 aromatic heterocycles. The summed E-state index contributed by atoms with van der Waals surface area (Å²) in [4.78, 5) is 38.3. The lowest BCUT2D eigenvalue weighted by atomic mass is 10.1. The van der Waals surface area contributed by atoms with Crippen LogP contribution in [0.15, 0.2) is 65.7 Å². The van der Waals surface area contributed by atoms with Crippen molar-refractivity contribution in [3.63, 3.8) is 0 Å². The largest absolute Gasteiger partial charge is 0.348 e. The Morgan fingerprint density at radius 2 is 1.73 bits per heavy atom. The highest BCUT2D eigenvalue weighted by atomic mass is 19.1. The molecule has 2 heterocycles. The van der Waals surface area contributed by atoms with Crippen LogP contribution in [0.3, 0.4) is 0 Å². The molecule has 8 nitrogen and oxygen atoms in total. The van der Waals surface area contributed by atoms with Gasteiger partial charge in [0.15, 0.2) is 0 Å². The quantitative estimate of drug-likeness (QED) is 0.475. The molecule has 0 unspecified atom stereocenters. The second kappa shape index (κ2) is 9.07. The van der Waals surface area contributed by atoms with Crippen molar-refractivity contribution < 1.29 is 14.0 Å². The molecule has 0 aliphatic rings. The predicted octanol–water partition coefficient (Wildman–Crippen LogP) is 2.82. The van der Waals surface area contributed by atoms with Crippen molar-refractivity contribution in [3.8, 4) is 0 Å². The molecule has 9 heteroatoms. The van der Waals surface area contributed by atoms with Crippen molar-refractivity contribution >= 4 is 23.0 Å². The fourth-order valence-corrected chi connectivity index (χ4v) is 3.76. The molecule has 0 spiro atoms. The molecule has 4 aromatic rings. The van der Waals surface area contributed by atoms with Crippen LogP contribution >= 0.6 is 0 Å². The van der Waals surface area contributed by atoms with E-state index < -0.39 is 23.8 Å². The van der Waals surface area contributed by atoms with Crippen LogP contribution in [-0.4, -0.2) is 26.0 Å². The van der Waals surface area contributed by atoms with Crippen LogP contribution in [-0.2, 0) is 17.9 Å². The lowest BCUT2D eigenvalue weighted by molar-refractivity contribution is -0.117. The van der Waals surface area contributed by atoms with Gasteiger partial charge in [0.2, 0.25) is 5.91 Å². The van der Waals surface area contributed by atoms with Crippen LogP contribution in [0, 0.1) is 19.7 Å². The first-order valence-electron chi connectivity index (χ1n) is 10.3. The summed E-state index contributed by atoms with van der Waals surface area (Å²) >= 11 is 0. The highest BCUT2D eigenvalue weighted by Crippen LogP contribution is 2.20. The van der Waals surface area contributed by atoms with Crippen LogP contribution in [0.4, 0.5) is 10.1 Å². The Balaban J connectivity index is 1.59. The number of carbonyl (C=O) groups excluding carboxylic acids is 2. The molecule has 0 aliphatic heterocycles. The molecule has 4 rings (SSSR count). The smallest absolute Gasteiger partial charge is 0.291 e. The van der Waals surface area contributed by atoms with Gasteiger partial charge >= 0.3 is 0 Å². The summed E-state index contributed by atoms with van der Waals surface area (Å²) < 4.78 is 16.3. The Kier molecular flexibility index (Phi) is 6.03. The minimum atomic E-state index is -0.596. The zero-order valence-electron chi connectivity index (χ0n) is 18.1. The van der Waals surface area contributed by atoms with Crippen LogP contribution in [0.2, 0.25) is 0 Å². The van der Waals surface area contributed by atoms with Gasteiger partial charge in [-0.3, -0.25) is 18.8 Å². The zero-order chi connectivity index (χ0) is 23.5. The summed E-state index contributed by atoms with van der Waals surface area (Å²) in [5.74, 6) is -1.48. The zero-order valence-corrected chi connectivity index (χ0v) is 18.1. The molecule has 0 saturated heterocycles. The Labute approximate surface area is 188 Å². The Morgan fingerprint density at radius 1 is 1.03 bits per heavy atom. The predicted molar refractivity (Wildman–Crippen MR) is 122 cm³/mol. The van der Waals surface area contributed by atoms with Crippen molar-refractivity contribution in [2.45, 2.75) is 26.9 Å². The molecule has 0 saturated carbocycles. The lowest BCUT2D eigenvalue weighted by Crippen LogP contribution is -2.31. The number of rotatable bonds is 6. The van der Waals surface area contributed by atoms with E-state index in [1.807, 2.05) is 30.3 Å². The number of aryl methyl sites for hydroxylation is 2. The number of hydrogen-bond donors (Lipinski definition) is 2. The number of anilines is 1. The van der Waals surface area contributed by atoms with E-state index in [-0.39, 0.29) is 17.1 Å². The SMILES string of the molecule is Cc1c(C(=O)NCc2ccccc2)c(C)n2cnn(CC(=O)Nc3ccccc3F)c(=O)c12. The number of para-hydroxylation sites is 1. The molecule has 2 aromatic carbocycles. The first-order valence-corrected chi connectivity index (χ1v) is 10.3. The number of nitrogens with zero attached hydrogens (tertiary/aromatic N) is 3. The van der Waals surface area contributed by atoms with E-state index in [4.69, 9.17) is 0 Å². The summed E-state index contributed by atoms with van der Waals surface area (Å²) in [5, 5.41) is 9.37. The molecule has 0 aliphatic carbocycles. The summed E-state index contributed by atoms with van der Waals surface area (Å²) in [6, 6.07) is 15.2. The third kappa shape index (κ3) is 4.38. The number of carbonyl (C=O) groups is 2. The van der Waals surface area contributed by atoms with Gasteiger partial charge in [0.25, 0.3) is 11.5 Å². The van der Waals surface area contributed by atoms with Gasteiger partial charge in [-0.15, -0.1) is 0 Å². The number of amides is 2. The molecular formula is C24H22FN5O3. The standard InChI is InChI=1S/C24H22FN5O3/c1-15-21(23(32)26-12-17-8-4-3-5-9-17)16(2)29-14-27-30(24(33)22(15)29)13-20(31)28-19-11-7-6-10-18(19)25/h3-11,14H,12-13H2,1-2H3,(H,26,32)(H,28,31). The normalized spacial score (nSPS) is 10.9. The van der Waals surface area contributed by atoms with E-state index in [1.165, 1.54) is 24.5 Å². The maximum Gasteiger partial charge on any atom is 0.291 e. The van der Waals surface area contributed by atoms with Crippen molar-refractivity contribution in [1.82, 2.24) is 19.5 Å². The molecular weight excluding hydrogens is 425 g/mol. The average Bonchev–Trinajstić information content (AvgIpc) is 3.06. The van der Waals surface area contributed by atoms with Gasteiger partial charge in [0.1, 0.15) is 24.2 Å². The minimum Gasteiger partial charge on any atom is -0.348 e. The first-order chi connectivity index (χ1) is 15.9. The summed E-state index contributed by atoms with van der Waals surface area (Å²) in [7, 11) is 0. The van der Waals surface area contributed by atoms with Crippen LogP contribution in [0.5, 0.6) is 0 Å². The van der Waals surface area contributed by atoms with Gasteiger partial charge in [-0.25, -0.2) is 9.07 Å². The Hall–Kier alpha value is -4.27. The van der Waals surface area contributed by atoms with E-state index in [1.54, 1.807) is 24.3 Å². The number of halogens is 1. The van der Waals surface area contributed by atoms with Crippen molar-refractivity contribution in [3.05, 3.63) is 99.5 Å². The molecule has 0 bridgehead atoms. The number of hydrogen-bond acceptors (Lipinski definition) is 4. The highest BCUT2D eigenvalue weighted by molar-refractivity contribution is 5.99.